The number of imidazole rings is 1. The molecule has 0 unspecified atom stereocenters. The number of hydrogen-bond donors (Lipinski definition) is 1. The Balaban J connectivity index is 2.19. The summed E-state index contributed by atoms with van der Waals surface area (Å²) in [7, 11) is 2.00. The van der Waals surface area contributed by atoms with Crippen molar-refractivity contribution >= 4 is 0 Å². The van der Waals surface area contributed by atoms with Crippen molar-refractivity contribution in [3.8, 4) is 11.8 Å². The third-order valence-electron chi connectivity index (χ3n) is 1.83. The van der Waals surface area contributed by atoms with Crippen LogP contribution in [0.2, 0.25) is 0 Å². The molecule has 3 heteroatoms. The molecule has 0 atom stereocenters. The minimum absolute atomic E-state index is 0.863. The third-order valence-corrected chi connectivity index (χ3v) is 1.83. The zero-order valence-corrected chi connectivity index (χ0v) is 8.17. The van der Waals surface area contributed by atoms with Gasteiger partial charge in [0.15, 0.2) is 0 Å². The highest BCUT2D eigenvalue weighted by molar-refractivity contribution is 4.98. The Morgan fingerprint density at radius 1 is 1.62 bits per heavy atom. The van der Waals surface area contributed by atoms with E-state index in [0.717, 1.165) is 19.5 Å². The molecule has 0 aliphatic carbocycles. The lowest BCUT2D eigenvalue weighted by atomic mass is 10.4. The summed E-state index contributed by atoms with van der Waals surface area (Å²) in [6.45, 7) is 3.66. The largest absolute Gasteiger partial charge is 0.337 e. The first-order chi connectivity index (χ1) is 6.34. The summed E-state index contributed by atoms with van der Waals surface area (Å²) in [5.74, 6) is 5.87. The molecule has 1 N–H and O–H groups in total. The van der Waals surface area contributed by atoms with Gasteiger partial charge in [-0.25, -0.2) is 4.98 Å². The van der Waals surface area contributed by atoms with Crippen molar-refractivity contribution in [3.63, 3.8) is 0 Å². The van der Waals surface area contributed by atoms with Gasteiger partial charge in [0.2, 0.25) is 0 Å². The highest BCUT2D eigenvalue weighted by Crippen LogP contribution is 1.94. The fraction of sp³-hybridized carbons (Fsp3) is 0.500. The molecule has 0 spiro atoms. The first-order valence-electron chi connectivity index (χ1n) is 4.40. The molecular formula is C10H15N3. The first kappa shape index (κ1) is 9.82. The average Bonchev–Trinajstić information content (AvgIpc) is 2.52. The van der Waals surface area contributed by atoms with Crippen molar-refractivity contribution in [2.75, 3.05) is 6.54 Å². The fourth-order valence-electron chi connectivity index (χ4n) is 1.05. The Morgan fingerprint density at radius 3 is 3.08 bits per heavy atom. The fourth-order valence-corrected chi connectivity index (χ4v) is 1.05. The van der Waals surface area contributed by atoms with E-state index in [1.54, 1.807) is 0 Å². The van der Waals surface area contributed by atoms with Crippen LogP contribution in [0.15, 0.2) is 12.5 Å². The molecule has 0 bridgehead atoms. The van der Waals surface area contributed by atoms with Crippen LogP contribution in [0, 0.1) is 11.8 Å². The number of aromatic nitrogens is 2. The van der Waals surface area contributed by atoms with E-state index in [-0.39, 0.29) is 0 Å². The molecule has 0 radical (unpaired) electrons. The van der Waals surface area contributed by atoms with E-state index in [4.69, 9.17) is 0 Å². The highest BCUT2D eigenvalue weighted by Gasteiger charge is 1.95. The van der Waals surface area contributed by atoms with Crippen molar-refractivity contribution in [2.45, 2.75) is 19.9 Å². The van der Waals surface area contributed by atoms with Gasteiger partial charge < -0.3 is 9.88 Å². The molecule has 0 saturated carbocycles. The smallest absolute Gasteiger partial charge is 0.0945 e. The summed E-state index contributed by atoms with van der Waals surface area (Å²) >= 11 is 0. The number of aryl methyl sites for hydroxylation is 1. The molecule has 1 rings (SSSR count). The topological polar surface area (TPSA) is 29.9 Å². The van der Waals surface area contributed by atoms with Crippen LogP contribution in [0.5, 0.6) is 0 Å². The maximum absolute atomic E-state index is 4.03. The second-order valence-corrected chi connectivity index (χ2v) is 2.85. The molecule has 3 nitrogen and oxygen atoms in total. The average molecular weight is 177 g/mol. The lowest BCUT2D eigenvalue weighted by Gasteiger charge is -2.02. The van der Waals surface area contributed by atoms with Crippen molar-refractivity contribution in [1.82, 2.24) is 14.9 Å². The molecule has 0 aliphatic heterocycles. The van der Waals surface area contributed by atoms with Crippen LogP contribution in [-0.4, -0.2) is 16.1 Å². The molecular weight excluding hydrogens is 162 g/mol. The van der Waals surface area contributed by atoms with Crippen molar-refractivity contribution in [2.24, 2.45) is 7.05 Å². The van der Waals surface area contributed by atoms with Crippen LogP contribution in [0.25, 0.3) is 0 Å². The molecule has 1 heterocycles. The summed E-state index contributed by atoms with van der Waals surface area (Å²) in [6.07, 6.45) is 4.59. The standard InChI is InChI=1S/C10H15N3/c1-3-4-5-6-11-7-10-8-12-9-13(10)2/h8-9,11H,5-7H2,1-2H3. The van der Waals surface area contributed by atoms with Crippen LogP contribution >= 0.6 is 0 Å². The molecule has 70 valence electrons. The van der Waals surface area contributed by atoms with E-state index in [1.165, 1.54) is 5.69 Å². The second-order valence-electron chi connectivity index (χ2n) is 2.85. The maximum Gasteiger partial charge on any atom is 0.0945 e. The van der Waals surface area contributed by atoms with Crippen LogP contribution in [0.3, 0.4) is 0 Å². The van der Waals surface area contributed by atoms with Crippen molar-refractivity contribution < 1.29 is 0 Å². The summed E-state index contributed by atoms with van der Waals surface area (Å²) in [5.41, 5.74) is 1.20. The summed E-state index contributed by atoms with van der Waals surface area (Å²) in [4.78, 5) is 4.03. The molecule has 0 fully saturated rings. The van der Waals surface area contributed by atoms with Gasteiger partial charge in [0.05, 0.1) is 12.0 Å². The zero-order valence-electron chi connectivity index (χ0n) is 8.17. The summed E-state index contributed by atoms with van der Waals surface area (Å²) in [5, 5.41) is 3.30. The van der Waals surface area contributed by atoms with E-state index >= 15 is 0 Å². The van der Waals surface area contributed by atoms with Gasteiger partial charge in [0, 0.05) is 32.8 Å². The maximum atomic E-state index is 4.03. The predicted octanol–water partition coefficient (Wildman–Crippen LogP) is 0.923. The number of rotatable bonds is 4. The predicted molar refractivity (Wildman–Crippen MR) is 53.0 cm³/mol. The van der Waals surface area contributed by atoms with Crippen LogP contribution in [0.1, 0.15) is 19.0 Å². The van der Waals surface area contributed by atoms with Gasteiger partial charge in [-0.05, 0) is 6.92 Å². The molecule has 0 aromatic carbocycles. The Morgan fingerprint density at radius 2 is 2.46 bits per heavy atom. The van der Waals surface area contributed by atoms with Gasteiger partial charge in [-0.1, -0.05) is 0 Å². The first-order valence-corrected chi connectivity index (χ1v) is 4.40. The van der Waals surface area contributed by atoms with E-state index in [0.29, 0.717) is 0 Å². The third kappa shape index (κ3) is 3.30. The second kappa shape index (κ2) is 5.39. The summed E-state index contributed by atoms with van der Waals surface area (Å²) in [6, 6.07) is 0. The van der Waals surface area contributed by atoms with Crippen LogP contribution in [0.4, 0.5) is 0 Å². The highest BCUT2D eigenvalue weighted by atomic mass is 15.0. The van der Waals surface area contributed by atoms with Gasteiger partial charge in [-0.3, -0.25) is 0 Å². The lowest BCUT2D eigenvalue weighted by Crippen LogP contribution is -2.16. The minimum atomic E-state index is 0.863. The quantitative estimate of drug-likeness (QED) is 0.547. The SMILES string of the molecule is CC#CCCNCc1cncn1C. The van der Waals surface area contributed by atoms with E-state index in [2.05, 4.69) is 22.1 Å². The molecule has 1 aromatic rings. The zero-order chi connectivity index (χ0) is 9.52. The van der Waals surface area contributed by atoms with Crippen molar-refractivity contribution in [1.29, 1.82) is 0 Å². The summed E-state index contributed by atoms with van der Waals surface area (Å²) < 4.78 is 2.01. The van der Waals surface area contributed by atoms with E-state index in [1.807, 2.05) is 31.1 Å². The lowest BCUT2D eigenvalue weighted by molar-refractivity contribution is 0.662. The minimum Gasteiger partial charge on any atom is -0.337 e. The number of hydrogen-bond acceptors (Lipinski definition) is 2. The monoisotopic (exact) mass is 177 g/mol. The van der Waals surface area contributed by atoms with Crippen LogP contribution in [-0.2, 0) is 13.6 Å². The molecule has 0 amide bonds. The molecule has 13 heavy (non-hydrogen) atoms. The number of nitrogens with one attached hydrogen (secondary N) is 1. The Labute approximate surface area is 79.2 Å². The van der Waals surface area contributed by atoms with Crippen molar-refractivity contribution in [3.05, 3.63) is 18.2 Å². The molecule has 0 saturated heterocycles. The van der Waals surface area contributed by atoms with Gasteiger partial charge >= 0.3 is 0 Å². The van der Waals surface area contributed by atoms with Crippen LogP contribution < -0.4 is 5.32 Å². The van der Waals surface area contributed by atoms with Gasteiger partial charge in [-0.15, -0.1) is 11.8 Å². The Hall–Kier alpha value is -1.27. The Bertz CT molecular complexity index is 303. The normalized spacial score (nSPS) is 9.38. The van der Waals surface area contributed by atoms with Gasteiger partial charge in [-0.2, -0.15) is 0 Å². The van der Waals surface area contributed by atoms with Gasteiger partial charge in [0.1, 0.15) is 0 Å². The van der Waals surface area contributed by atoms with Gasteiger partial charge in [0.25, 0.3) is 0 Å². The number of nitrogens with zero attached hydrogens (tertiary/aromatic N) is 2. The van der Waals surface area contributed by atoms with E-state index in [9.17, 15) is 0 Å². The Kier molecular flexibility index (Phi) is 4.07. The molecule has 0 aliphatic rings. The van der Waals surface area contributed by atoms with E-state index < -0.39 is 0 Å². The molecule has 1 aromatic heterocycles.